The molecule has 0 aliphatic rings. The van der Waals surface area contributed by atoms with E-state index in [9.17, 15) is 9.59 Å². The highest BCUT2D eigenvalue weighted by Crippen LogP contribution is 2.23. The first-order valence-corrected chi connectivity index (χ1v) is 8.17. The maximum Gasteiger partial charge on any atom is 0.336 e. The van der Waals surface area contributed by atoms with Gasteiger partial charge < -0.3 is 19.4 Å². The number of fused-ring (bicyclic) bond motifs is 1. The molecule has 1 N–H and O–H groups in total. The fourth-order valence-electron chi connectivity index (χ4n) is 2.67. The van der Waals surface area contributed by atoms with Crippen LogP contribution in [0.5, 0.6) is 5.75 Å². The molecular formula is C20H20N2O4. The van der Waals surface area contributed by atoms with Gasteiger partial charge in [0.15, 0.2) is 0 Å². The minimum absolute atomic E-state index is 0.0244. The fraction of sp³-hybridized carbons (Fsp3) is 0.200. The number of nitrogens with one attached hydrogen (secondary N) is 1. The van der Waals surface area contributed by atoms with E-state index in [0.29, 0.717) is 17.9 Å². The van der Waals surface area contributed by atoms with Gasteiger partial charge in [-0.1, -0.05) is 0 Å². The zero-order chi connectivity index (χ0) is 18.7. The van der Waals surface area contributed by atoms with Crippen molar-refractivity contribution in [3.63, 3.8) is 0 Å². The molecule has 6 nitrogen and oxygen atoms in total. The van der Waals surface area contributed by atoms with E-state index in [0.717, 1.165) is 22.3 Å². The number of rotatable bonds is 5. The first-order chi connectivity index (χ1) is 12.5. The molecule has 0 aliphatic heterocycles. The number of methoxy groups -OCH3 is 1. The molecule has 1 heterocycles. The summed E-state index contributed by atoms with van der Waals surface area (Å²) in [6.07, 6.45) is 0. The number of nitrogens with zero attached hydrogens (tertiary/aromatic N) is 1. The van der Waals surface area contributed by atoms with Crippen LogP contribution in [0.15, 0.2) is 57.7 Å². The molecule has 3 aromatic rings. The average Bonchev–Trinajstić information content (AvgIpc) is 2.65. The summed E-state index contributed by atoms with van der Waals surface area (Å²) in [4.78, 5) is 24.8. The minimum Gasteiger partial charge on any atom is -0.497 e. The van der Waals surface area contributed by atoms with Crippen molar-refractivity contribution >= 4 is 28.3 Å². The van der Waals surface area contributed by atoms with Crippen molar-refractivity contribution in [2.45, 2.75) is 13.5 Å². The fourth-order valence-corrected chi connectivity index (χ4v) is 2.67. The molecule has 0 spiro atoms. The van der Waals surface area contributed by atoms with Gasteiger partial charge in [-0.3, -0.25) is 4.79 Å². The lowest BCUT2D eigenvalue weighted by Gasteiger charge is -2.15. The van der Waals surface area contributed by atoms with Gasteiger partial charge >= 0.3 is 5.63 Å². The number of ether oxygens (including phenoxy) is 1. The van der Waals surface area contributed by atoms with E-state index in [1.165, 1.54) is 13.0 Å². The van der Waals surface area contributed by atoms with Crippen molar-refractivity contribution in [1.82, 2.24) is 0 Å². The molecule has 1 amide bonds. The van der Waals surface area contributed by atoms with Crippen LogP contribution in [0.1, 0.15) is 12.5 Å². The Morgan fingerprint density at radius 1 is 1.15 bits per heavy atom. The second kappa shape index (κ2) is 7.31. The van der Waals surface area contributed by atoms with Crippen molar-refractivity contribution in [3.8, 4) is 5.75 Å². The third-order valence-electron chi connectivity index (χ3n) is 4.25. The standard InChI is InChI=1S/C20H20N2O4/c1-13(23)22(2)16-6-4-15(5-7-16)21-12-14-10-20(24)26-19-11-17(25-3)8-9-18(14)19/h4-11,21H,12H2,1-3H3. The Morgan fingerprint density at radius 2 is 1.88 bits per heavy atom. The maximum absolute atomic E-state index is 11.8. The van der Waals surface area contributed by atoms with Crippen LogP contribution in [0.4, 0.5) is 11.4 Å². The highest BCUT2D eigenvalue weighted by atomic mass is 16.5. The van der Waals surface area contributed by atoms with Crippen LogP contribution in [0, 0.1) is 0 Å². The summed E-state index contributed by atoms with van der Waals surface area (Å²) in [7, 11) is 3.30. The monoisotopic (exact) mass is 352 g/mol. The number of hydrogen-bond acceptors (Lipinski definition) is 5. The molecular weight excluding hydrogens is 332 g/mol. The molecule has 1 aromatic heterocycles. The van der Waals surface area contributed by atoms with Crippen LogP contribution in [0.2, 0.25) is 0 Å². The van der Waals surface area contributed by atoms with E-state index in [4.69, 9.17) is 9.15 Å². The predicted molar refractivity (Wildman–Crippen MR) is 102 cm³/mol. The summed E-state index contributed by atoms with van der Waals surface area (Å²) in [5, 5.41) is 4.14. The normalized spacial score (nSPS) is 10.6. The number of hydrogen-bond donors (Lipinski definition) is 1. The van der Waals surface area contributed by atoms with E-state index in [1.54, 1.807) is 25.1 Å². The molecule has 0 saturated carbocycles. The maximum atomic E-state index is 11.8. The highest BCUT2D eigenvalue weighted by molar-refractivity contribution is 5.91. The van der Waals surface area contributed by atoms with Crippen molar-refractivity contribution < 1.29 is 13.9 Å². The highest BCUT2D eigenvalue weighted by Gasteiger charge is 2.08. The SMILES string of the molecule is COc1ccc2c(CNc3ccc(N(C)C(C)=O)cc3)cc(=O)oc2c1. The van der Waals surface area contributed by atoms with Gasteiger partial charge in [-0.05, 0) is 42.0 Å². The van der Waals surface area contributed by atoms with E-state index in [2.05, 4.69) is 5.32 Å². The second-order valence-electron chi connectivity index (χ2n) is 5.93. The zero-order valence-electron chi connectivity index (χ0n) is 14.9. The Hall–Kier alpha value is -3.28. The van der Waals surface area contributed by atoms with Crippen molar-refractivity contribution in [2.24, 2.45) is 0 Å². The van der Waals surface area contributed by atoms with Gasteiger partial charge in [-0.25, -0.2) is 4.79 Å². The molecule has 0 fully saturated rings. The smallest absolute Gasteiger partial charge is 0.336 e. The first-order valence-electron chi connectivity index (χ1n) is 8.17. The summed E-state index contributed by atoms with van der Waals surface area (Å²) in [5.41, 5.74) is 2.64. The Bertz CT molecular complexity index is 993. The molecule has 0 aliphatic carbocycles. The molecule has 3 rings (SSSR count). The molecule has 0 atom stereocenters. The summed E-state index contributed by atoms with van der Waals surface area (Å²) in [6.45, 7) is 1.99. The van der Waals surface area contributed by atoms with E-state index < -0.39 is 5.63 Å². The lowest BCUT2D eigenvalue weighted by Crippen LogP contribution is -2.22. The van der Waals surface area contributed by atoms with Gasteiger partial charge in [0.1, 0.15) is 11.3 Å². The Labute approximate surface area is 151 Å². The third-order valence-corrected chi connectivity index (χ3v) is 4.25. The number of amides is 1. The summed E-state index contributed by atoms with van der Waals surface area (Å²) < 4.78 is 10.4. The molecule has 2 aromatic carbocycles. The van der Waals surface area contributed by atoms with Crippen LogP contribution < -0.4 is 20.6 Å². The zero-order valence-corrected chi connectivity index (χ0v) is 14.9. The molecule has 0 saturated heterocycles. The second-order valence-corrected chi connectivity index (χ2v) is 5.93. The van der Waals surface area contributed by atoms with Crippen LogP contribution in [-0.2, 0) is 11.3 Å². The predicted octanol–water partition coefficient (Wildman–Crippen LogP) is 3.40. The molecule has 0 bridgehead atoms. The lowest BCUT2D eigenvalue weighted by atomic mass is 10.1. The van der Waals surface area contributed by atoms with Gasteiger partial charge in [-0.2, -0.15) is 0 Å². The Morgan fingerprint density at radius 3 is 2.54 bits per heavy atom. The summed E-state index contributed by atoms with van der Waals surface area (Å²) >= 11 is 0. The van der Waals surface area contributed by atoms with E-state index in [-0.39, 0.29) is 5.91 Å². The third kappa shape index (κ3) is 3.69. The molecule has 0 unspecified atom stereocenters. The largest absolute Gasteiger partial charge is 0.497 e. The van der Waals surface area contributed by atoms with Gasteiger partial charge in [0.25, 0.3) is 0 Å². The van der Waals surface area contributed by atoms with Crippen LogP contribution in [0.3, 0.4) is 0 Å². The molecule has 134 valence electrons. The van der Waals surface area contributed by atoms with Gasteiger partial charge in [0.05, 0.1) is 7.11 Å². The van der Waals surface area contributed by atoms with Crippen molar-refractivity contribution in [2.75, 3.05) is 24.4 Å². The number of carbonyl (C=O) groups is 1. The van der Waals surface area contributed by atoms with E-state index in [1.807, 2.05) is 36.4 Å². The number of anilines is 2. The van der Waals surface area contributed by atoms with E-state index >= 15 is 0 Å². The van der Waals surface area contributed by atoms with Crippen LogP contribution in [0.25, 0.3) is 11.0 Å². The van der Waals surface area contributed by atoms with Crippen molar-refractivity contribution in [1.29, 1.82) is 0 Å². The molecule has 26 heavy (non-hydrogen) atoms. The quantitative estimate of drug-likeness (QED) is 0.713. The summed E-state index contributed by atoms with van der Waals surface area (Å²) in [6, 6.07) is 14.4. The number of carbonyl (C=O) groups excluding carboxylic acids is 1. The average molecular weight is 352 g/mol. The Kier molecular flexibility index (Phi) is 4.93. The topological polar surface area (TPSA) is 71.8 Å². The van der Waals surface area contributed by atoms with Crippen molar-refractivity contribution in [3.05, 3.63) is 64.5 Å². The van der Waals surface area contributed by atoms with Crippen LogP contribution >= 0.6 is 0 Å². The van der Waals surface area contributed by atoms with Gasteiger partial charge in [-0.15, -0.1) is 0 Å². The minimum atomic E-state index is -0.402. The first kappa shape index (κ1) is 17.5. The molecule has 6 heteroatoms. The van der Waals surface area contributed by atoms with Gasteiger partial charge in [0.2, 0.25) is 5.91 Å². The van der Waals surface area contributed by atoms with Crippen LogP contribution in [-0.4, -0.2) is 20.1 Å². The molecule has 0 radical (unpaired) electrons. The lowest BCUT2D eigenvalue weighted by molar-refractivity contribution is -0.116. The van der Waals surface area contributed by atoms with Gasteiger partial charge in [0, 0.05) is 49.4 Å². The summed E-state index contributed by atoms with van der Waals surface area (Å²) in [5.74, 6) is 0.611. The Balaban J connectivity index is 1.81. The number of benzene rings is 2.